The van der Waals surface area contributed by atoms with Crippen LogP contribution < -0.4 is 4.72 Å². The number of rotatable bonds is 7. The van der Waals surface area contributed by atoms with Crippen molar-refractivity contribution in [3.8, 4) is 0 Å². The van der Waals surface area contributed by atoms with Crippen LogP contribution in [0.5, 0.6) is 0 Å². The summed E-state index contributed by atoms with van der Waals surface area (Å²) < 4.78 is 32.5. The van der Waals surface area contributed by atoms with Crippen LogP contribution in [0, 0.1) is 0 Å². The van der Waals surface area contributed by atoms with Gasteiger partial charge in [0.2, 0.25) is 10.0 Å². The summed E-state index contributed by atoms with van der Waals surface area (Å²) in [7, 11) is -3.55. The second kappa shape index (κ2) is 7.05. The number of nitrogens with one attached hydrogen (secondary N) is 1. The Labute approximate surface area is 141 Å². The van der Waals surface area contributed by atoms with Gasteiger partial charge in [-0.25, -0.2) is 8.42 Å². The SMILES string of the molecule is CCCCc1ccc(NS(=O)(=O)Cc2noc3ccccc23)cc1. The highest BCUT2D eigenvalue weighted by Gasteiger charge is 2.17. The van der Waals surface area contributed by atoms with E-state index in [9.17, 15) is 8.42 Å². The van der Waals surface area contributed by atoms with Crippen LogP contribution in [-0.4, -0.2) is 13.6 Å². The molecule has 3 aromatic rings. The maximum Gasteiger partial charge on any atom is 0.238 e. The number of benzene rings is 2. The summed E-state index contributed by atoms with van der Waals surface area (Å²) in [6, 6.07) is 14.7. The zero-order valence-corrected chi connectivity index (χ0v) is 14.3. The molecule has 0 saturated carbocycles. The Morgan fingerprint density at radius 2 is 1.83 bits per heavy atom. The third-order valence-corrected chi connectivity index (χ3v) is 5.03. The van der Waals surface area contributed by atoms with Crippen LogP contribution in [0.3, 0.4) is 0 Å². The van der Waals surface area contributed by atoms with E-state index in [2.05, 4.69) is 16.8 Å². The van der Waals surface area contributed by atoms with Crippen molar-refractivity contribution < 1.29 is 12.9 Å². The Bertz CT molecular complexity index is 915. The van der Waals surface area contributed by atoms with Gasteiger partial charge in [0.25, 0.3) is 0 Å². The maximum absolute atomic E-state index is 12.4. The summed E-state index contributed by atoms with van der Waals surface area (Å²) in [5, 5.41) is 4.60. The van der Waals surface area contributed by atoms with Crippen molar-refractivity contribution in [2.75, 3.05) is 4.72 Å². The Kier molecular flexibility index (Phi) is 4.85. The number of nitrogens with zero attached hydrogens (tertiary/aromatic N) is 1. The van der Waals surface area contributed by atoms with Crippen molar-refractivity contribution in [1.29, 1.82) is 0 Å². The molecule has 0 bridgehead atoms. The number of aromatic nitrogens is 1. The van der Waals surface area contributed by atoms with E-state index in [4.69, 9.17) is 4.52 Å². The predicted octanol–water partition coefficient (Wildman–Crippen LogP) is 4.11. The molecular weight excluding hydrogens is 324 g/mol. The second-order valence-corrected chi connectivity index (χ2v) is 7.51. The molecule has 2 aromatic carbocycles. The maximum atomic E-state index is 12.4. The van der Waals surface area contributed by atoms with Gasteiger partial charge in [-0.2, -0.15) is 0 Å². The third kappa shape index (κ3) is 3.94. The zero-order chi connectivity index (χ0) is 17.0. The lowest BCUT2D eigenvalue weighted by atomic mass is 10.1. The minimum absolute atomic E-state index is 0.221. The number of hydrogen-bond donors (Lipinski definition) is 1. The number of aryl methyl sites for hydroxylation is 1. The van der Waals surface area contributed by atoms with Gasteiger partial charge in [-0.05, 0) is 42.7 Å². The Hall–Kier alpha value is -2.34. The fourth-order valence-corrected chi connectivity index (χ4v) is 3.69. The smallest absolute Gasteiger partial charge is 0.238 e. The quantitative estimate of drug-likeness (QED) is 0.700. The molecule has 6 heteroatoms. The lowest BCUT2D eigenvalue weighted by Gasteiger charge is -2.08. The third-order valence-electron chi connectivity index (χ3n) is 3.83. The molecule has 0 radical (unpaired) electrons. The Balaban J connectivity index is 1.72. The molecule has 0 spiro atoms. The molecule has 0 aliphatic carbocycles. The first-order valence-corrected chi connectivity index (χ1v) is 9.65. The number of anilines is 1. The topological polar surface area (TPSA) is 72.2 Å². The molecule has 5 nitrogen and oxygen atoms in total. The highest BCUT2D eigenvalue weighted by molar-refractivity contribution is 7.91. The van der Waals surface area contributed by atoms with Crippen LogP contribution in [0.1, 0.15) is 31.0 Å². The summed E-state index contributed by atoms with van der Waals surface area (Å²) in [5.74, 6) is -0.221. The molecule has 0 amide bonds. The molecule has 3 rings (SSSR count). The van der Waals surface area contributed by atoms with Crippen LogP contribution in [0.4, 0.5) is 5.69 Å². The van der Waals surface area contributed by atoms with Gasteiger partial charge in [-0.3, -0.25) is 4.72 Å². The summed E-state index contributed by atoms with van der Waals surface area (Å²) in [4.78, 5) is 0. The predicted molar refractivity (Wildman–Crippen MR) is 95.3 cm³/mol. The average molecular weight is 344 g/mol. The van der Waals surface area contributed by atoms with Crippen molar-refractivity contribution in [2.24, 2.45) is 0 Å². The second-order valence-electron chi connectivity index (χ2n) is 5.79. The van der Waals surface area contributed by atoms with Gasteiger partial charge in [-0.1, -0.05) is 42.8 Å². The minimum atomic E-state index is -3.55. The van der Waals surface area contributed by atoms with Crippen molar-refractivity contribution >= 4 is 26.7 Å². The highest BCUT2D eigenvalue weighted by Crippen LogP contribution is 2.21. The number of unbranched alkanes of at least 4 members (excludes halogenated alkanes) is 1. The number of fused-ring (bicyclic) bond motifs is 1. The molecule has 0 saturated heterocycles. The van der Waals surface area contributed by atoms with Crippen LogP contribution in [0.25, 0.3) is 11.0 Å². The monoisotopic (exact) mass is 344 g/mol. The Morgan fingerprint density at radius 3 is 2.58 bits per heavy atom. The fraction of sp³-hybridized carbons (Fsp3) is 0.278. The summed E-state index contributed by atoms with van der Waals surface area (Å²) in [6.45, 7) is 2.15. The fourth-order valence-electron chi connectivity index (χ4n) is 2.56. The molecule has 0 fully saturated rings. The lowest BCUT2D eigenvalue weighted by Crippen LogP contribution is -2.15. The zero-order valence-electron chi connectivity index (χ0n) is 13.5. The minimum Gasteiger partial charge on any atom is -0.356 e. The van der Waals surface area contributed by atoms with Crippen molar-refractivity contribution in [3.05, 3.63) is 59.8 Å². The van der Waals surface area contributed by atoms with E-state index >= 15 is 0 Å². The van der Waals surface area contributed by atoms with Gasteiger partial charge in [0.1, 0.15) is 11.4 Å². The summed E-state index contributed by atoms with van der Waals surface area (Å²) in [5.41, 5.74) is 2.77. The molecular formula is C18H20N2O3S. The van der Waals surface area contributed by atoms with Crippen LogP contribution >= 0.6 is 0 Å². The van der Waals surface area contributed by atoms with Gasteiger partial charge in [0.05, 0.1) is 0 Å². The van der Waals surface area contributed by atoms with Crippen molar-refractivity contribution in [1.82, 2.24) is 5.16 Å². The van der Waals surface area contributed by atoms with E-state index in [0.29, 0.717) is 17.0 Å². The normalized spacial score (nSPS) is 11.7. The van der Waals surface area contributed by atoms with Crippen LogP contribution in [-0.2, 0) is 22.2 Å². The van der Waals surface area contributed by atoms with Crippen molar-refractivity contribution in [2.45, 2.75) is 31.9 Å². The first-order valence-electron chi connectivity index (χ1n) is 8.00. The van der Waals surface area contributed by atoms with E-state index in [0.717, 1.165) is 24.6 Å². The molecule has 0 atom stereocenters. The van der Waals surface area contributed by atoms with Gasteiger partial charge in [0.15, 0.2) is 5.58 Å². The van der Waals surface area contributed by atoms with E-state index in [-0.39, 0.29) is 5.75 Å². The molecule has 126 valence electrons. The largest absolute Gasteiger partial charge is 0.356 e. The van der Waals surface area contributed by atoms with E-state index in [1.807, 2.05) is 24.3 Å². The molecule has 24 heavy (non-hydrogen) atoms. The first kappa shape index (κ1) is 16.5. The van der Waals surface area contributed by atoms with E-state index < -0.39 is 10.0 Å². The molecule has 1 aromatic heterocycles. The molecule has 0 aliphatic rings. The lowest BCUT2D eigenvalue weighted by molar-refractivity contribution is 0.448. The number of hydrogen-bond acceptors (Lipinski definition) is 4. The van der Waals surface area contributed by atoms with Crippen molar-refractivity contribution in [3.63, 3.8) is 0 Å². The van der Waals surface area contributed by atoms with E-state index in [1.54, 1.807) is 24.3 Å². The number of sulfonamides is 1. The molecule has 1 N–H and O–H groups in total. The van der Waals surface area contributed by atoms with Crippen LogP contribution in [0.15, 0.2) is 53.1 Å². The standard InChI is InChI=1S/C18H20N2O3S/c1-2-3-6-14-9-11-15(12-10-14)20-24(21,22)13-17-16-7-4-5-8-18(16)23-19-17/h4-5,7-12,20H,2-3,6,13H2,1H3. The summed E-state index contributed by atoms with van der Waals surface area (Å²) >= 11 is 0. The van der Waals surface area contributed by atoms with E-state index in [1.165, 1.54) is 5.56 Å². The Morgan fingerprint density at radius 1 is 1.08 bits per heavy atom. The van der Waals surface area contributed by atoms with Gasteiger partial charge < -0.3 is 4.52 Å². The average Bonchev–Trinajstić information content (AvgIpc) is 2.96. The number of para-hydroxylation sites is 1. The van der Waals surface area contributed by atoms with Gasteiger partial charge >= 0.3 is 0 Å². The van der Waals surface area contributed by atoms with Gasteiger partial charge in [-0.15, -0.1) is 0 Å². The van der Waals surface area contributed by atoms with Gasteiger partial charge in [0, 0.05) is 11.1 Å². The molecule has 0 aliphatic heterocycles. The molecule has 1 heterocycles. The summed E-state index contributed by atoms with van der Waals surface area (Å²) in [6.07, 6.45) is 3.28. The first-order chi connectivity index (χ1) is 11.6. The molecule has 0 unspecified atom stereocenters. The highest BCUT2D eigenvalue weighted by atomic mass is 32.2. The van der Waals surface area contributed by atoms with Crippen LogP contribution in [0.2, 0.25) is 0 Å².